The van der Waals surface area contributed by atoms with Crippen molar-refractivity contribution >= 4 is 0 Å². The van der Waals surface area contributed by atoms with Crippen LogP contribution in [0.2, 0.25) is 0 Å². The lowest BCUT2D eigenvalue weighted by atomic mass is 10.0. The van der Waals surface area contributed by atoms with Gasteiger partial charge in [0, 0.05) is 25.5 Å². The van der Waals surface area contributed by atoms with Gasteiger partial charge >= 0.3 is 0 Å². The lowest BCUT2D eigenvalue weighted by Gasteiger charge is -2.22. The number of aliphatic hydroxyl groups is 1. The second kappa shape index (κ2) is 8.80. The van der Waals surface area contributed by atoms with Crippen LogP contribution in [0.25, 0.3) is 0 Å². The van der Waals surface area contributed by atoms with Crippen LogP contribution >= 0.6 is 0 Å². The van der Waals surface area contributed by atoms with Crippen molar-refractivity contribution in [3.8, 4) is 0 Å². The zero-order chi connectivity index (χ0) is 16.7. The number of aromatic nitrogens is 1. The fourth-order valence-electron chi connectivity index (χ4n) is 2.71. The maximum atomic E-state index is 10.4. The van der Waals surface area contributed by atoms with E-state index in [0.29, 0.717) is 0 Å². The van der Waals surface area contributed by atoms with Crippen LogP contribution in [0.4, 0.5) is 0 Å². The third-order valence-electron chi connectivity index (χ3n) is 4.55. The maximum Gasteiger partial charge on any atom is 0.0802 e. The predicted molar refractivity (Wildman–Crippen MR) is 95.5 cm³/mol. The summed E-state index contributed by atoms with van der Waals surface area (Å²) in [4.78, 5) is 6.45. The molecule has 1 N–H and O–H groups in total. The molecule has 1 heterocycles. The van der Waals surface area contributed by atoms with E-state index < -0.39 is 0 Å². The summed E-state index contributed by atoms with van der Waals surface area (Å²) in [7, 11) is 0. The number of hydrogen-bond donors (Lipinski definition) is 1. The average molecular weight is 312 g/mol. The van der Waals surface area contributed by atoms with Crippen molar-refractivity contribution in [2.45, 2.75) is 39.7 Å². The molecule has 0 aliphatic heterocycles. The smallest absolute Gasteiger partial charge is 0.0802 e. The Morgan fingerprint density at radius 3 is 2.43 bits per heavy atom. The molecule has 3 nitrogen and oxygen atoms in total. The molecule has 1 aromatic carbocycles. The van der Waals surface area contributed by atoms with Crippen LogP contribution in [0.15, 0.2) is 42.7 Å². The van der Waals surface area contributed by atoms with Gasteiger partial charge < -0.3 is 10.0 Å². The summed E-state index contributed by atoms with van der Waals surface area (Å²) in [5, 5.41) is 10.4. The van der Waals surface area contributed by atoms with Crippen LogP contribution in [-0.4, -0.2) is 34.6 Å². The summed E-state index contributed by atoms with van der Waals surface area (Å²) < 4.78 is 0. The minimum absolute atomic E-state index is 0.385. The van der Waals surface area contributed by atoms with Crippen molar-refractivity contribution in [3.63, 3.8) is 0 Å². The molecule has 0 spiro atoms. The van der Waals surface area contributed by atoms with E-state index in [0.717, 1.165) is 38.0 Å². The van der Waals surface area contributed by atoms with Crippen molar-refractivity contribution in [3.05, 3.63) is 65.0 Å². The highest BCUT2D eigenvalue weighted by molar-refractivity contribution is 5.31. The van der Waals surface area contributed by atoms with Crippen LogP contribution in [0, 0.1) is 13.8 Å². The Morgan fingerprint density at radius 1 is 1.04 bits per heavy atom. The minimum atomic E-state index is -0.385. The van der Waals surface area contributed by atoms with Crippen molar-refractivity contribution in [1.29, 1.82) is 0 Å². The van der Waals surface area contributed by atoms with Crippen molar-refractivity contribution in [2.24, 2.45) is 0 Å². The molecule has 1 aromatic heterocycles. The molecule has 0 aliphatic rings. The molecule has 0 fully saturated rings. The normalized spacial score (nSPS) is 12.6. The first-order valence-corrected chi connectivity index (χ1v) is 8.46. The molecular formula is C20H28N2O. The van der Waals surface area contributed by atoms with Crippen molar-refractivity contribution < 1.29 is 5.11 Å². The van der Waals surface area contributed by atoms with Crippen molar-refractivity contribution in [1.82, 2.24) is 9.88 Å². The van der Waals surface area contributed by atoms with E-state index in [2.05, 4.69) is 54.9 Å². The van der Waals surface area contributed by atoms with E-state index in [9.17, 15) is 5.11 Å². The first-order valence-electron chi connectivity index (χ1n) is 8.46. The van der Waals surface area contributed by atoms with Gasteiger partial charge in [-0.3, -0.25) is 4.98 Å². The molecule has 0 bridgehead atoms. The summed E-state index contributed by atoms with van der Waals surface area (Å²) in [5.41, 5.74) is 4.85. The molecule has 124 valence electrons. The highest BCUT2D eigenvalue weighted by Gasteiger charge is 2.11. The molecule has 2 aromatic rings. The molecule has 0 radical (unpaired) electrons. The summed E-state index contributed by atoms with van der Waals surface area (Å²) >= 11 is 0. The van der Waals surface area contributed by atoms with Crippen LogP contribution in [-0.2, 0) is 6.42 Å². The third-order valence-corrected chi connectivity index (χ3v) is 4.55. The van der Waals surface area contributed by atoms with Gasteiger partial charge in [0.15, 0.2) is 0 Å². The quantitative estimate of drug-likeness (QED) is 0.807. The van der Waals surface area contributed by atoms with Gasteiger partial charge in [0.1, 0.15) is 0 Å². The second-order valence-corrected chi connectivity index (χ2v) is 6.19. The summed E-state index contributed by atoms with van der Waals surface area (Å²) in [6, 6.07) is 10.4. The number of aryl methyl sites for hydroxylation is 2. The Balaban J connectivity index is 1.83. The van der Waals surface area contributed by atoms with Gasteiger partial charge in [-0.05, 0) is 67.6 Å². The monoisotopic (exact) mass is 312 g/mol. The van der Waals surface area contributed by atoms with Gasteiger partial charge in [-0.2, -0.15) is 0 Å². The maximum absolute atomic E-state index is 10.4. The molecule has 3 heteroatoms. The molecule has 0 amide bonds. The Labute approximate surface area is 140 Å². The zero-order valence-electron chi connectivity index (χ0n) is 14.5. The Hall–Kier alpha value is -1.71. The van der Waals surface area contributed by atoms with Gasteiger partial charge in [0.2, 0.25) is 0 Å². The van der Waals surface area contributed by atoms with Crippen LogP contribution in [0.1, 0.15) is 41.7 Å². The number of likely N-dealkylation sites (N-methyl/N-ethyl adjacent to an activating group) is 1. The predicted octanol–water partition coefficient (Wildman–Crippen LogP) is 3.69. The molecule has 23 heavy (non-hydrogen) atoms. The average Bonchev–Trinajstić information content (AvgIpc) is 2.58. The zero-order valence-corrected chi connectivity index (χ0v) is 14.5. The Morgan fingerprint density at radius 2 is 1.78 bits per heavy atom. The van der Waals surface area contributed by atoms with E-state index in [4.69, 9.17) is 0 Å². The molecule has 1 unspecified atom stereocenters. The number of aliphatic hydroxyl groups excluding tert-OH is 1. The number of rotatable bonds is 8. The van der Waals surface area contributed by atoms with Gasteiger partial charge in [-0.1, -0.05) is 25.1 Å². The fraction of sp³-hybridized carbons (Fsp3) is 0.450. The van der Waals surface area contributed by atoms with E-state index in [-0.39, 0.29) is 6.10 Å². The second-order valence-electron chi connectivity index (χ2n) is 6.19. The van der Waals surface area contributed by atoms with Gasteiger partial charge in [-0.15, -0.1) is 0 Å². The minimum Gasteiger partial charge on any atom is -0.388 e. The highest BCUT2D eigenvalue weighted by Crippen LogP contribution is 2.20. The largest absolute Gasteiger partial charge is 0.388 e. The standard InChI is InChI=1S/C20H28N2O/c1-4-22(13-9-18-7-11-21-12-8-18)14-10-20(23)19-6-5-16(2)17(3)15-19/h5-8,11-12,15,20,23H,4,9-10,13-14H2,1-3H3. The van der Waals surface area contributed by atoms with E-state index in [1.807, 2.05) is 18.5 Å². The Kier molecular flexibility index (Phi) is 6.75. The number of pyridine rings is 1. The summed E-state index contributed by atoms with van der Waals surface area (Å²) in [5.74, 6) is 0. The summed E-state index contributed by atoms with van der Waals surface area (Å²) in [6.07, 6.45) is 5.09. The van der Waals surface area contributed by atoms with Gasteiger partial charge in [0.25, 0.3) is 0 Å². The van der Waals surface area contributed by atoms with Crippen molar-refractivity contribution in [2.75, 3.05) is 19.6 Å². The first-order chi connectivity index (χ1) is 11.1. The molecule has 0 saturated heterocycles. The number of nitrogens with zero attached hydrogens (tertiary/aromatic N) is 2. The highest BCUT2D eigenvalue weighted by atomic mass is 16.3. The molecular weight excluding hydrogens is 284 g/mol. The fourth-order valence-corrected chi connectivity index (χ4v) is 2.71. The van der Waals surface area contributed by atoms with E-state index in [1.165, 1.54) is 16.7 Å². The SMILES string of the molecule is CCN(CCc1ccncc1)CCC(O)c1ccc(C)c(C)c1. The number of hydrogen-bond acceptors (Lipinski definition) is 3. The third kappa shape index (κ3) is 5.45. The van der Waals surface area contributed by atoms with Crippen LogP contribution < -0.4 is 0 Å². The lowest BCUT2D eigenvalue weighted by molar-refractivity contribution is 0.144. The van der Waals surface area contributed by atoms with E-state index >= 15 is 0 Å². The van der Waals surface area contributed by atoms with E-state index in [1.54, 1.807) is 0 Å². The molecule has 0 aliphatic carbocycles. The molecule has 1 atom stereocenters. The Bertz CT molecular complexity index is 598. The first kappa shape index (κ1) is 17.6. The molecule has 2 rings (SSSR count). The van der Waals surface area contributed by atoms with Crippen LogP contribution in [0.3, 0.4) is 0 Å². The number of benzene rings is 1. The van der Waals surface area contributed by atoms with Crippen LogP contribution in [0.5, 0.6) is 0 Å². The topological polar surface area (TPSA) is 36.4 Å². The van der Waals surface area contributed by atoms with Gasteiger partial charge in [-0.25, -0.2) is 0 Å². The molecule has 0 saturated carbocycles. The summed E-state index contributed by atoms with van der Waals surface area (Å²) in [6.45, 7) is 9.30. The lowest BCUT2D eigenvalue weighted by Crippen LogP contribution is -2.28. The van der Waals surface area contributed by atoms with Gasteiger partial charge in [0.05, 0.1) is 6.10 Å².